The first-order valence-electron chi connectivity index (χ1n) is 8.38. The Morgan fingerprint density at radius 3 is 2.40 bits per heavy atom. The number of nitrogens with zero attached hydrogens (tertiary/aromatic N) is 1. The van der Waals surface area contributed by atoms with Crippen molar-refractivity contribution in [2.24, 2.45) is 5.73 Å². The highest BCUT2D eigenvalue weighted by atomic mass is 15.2. The van der Waals surface area contributed by atoms with Crippen molar-refractivity contribution in [2.45, 2.75) is 57.4 Å². The summed E-state index contributed by atoms with van der Waals surface area (Å²) in [5, 5.41) is 0. The predicted molar refractivity (Wildman–Crippen MR) is 86.9 cm³/mol. The van der Waals surface area contributed by atoms with Crippen LogP contribution in [0.2, 0.25) is 0 Å². The molecule has 0 atom stereocenters. The summed E-state index contributed by atoms with van der Waals surface area (Å²) in [7, 11) is 0. The Balaban J connectivity index is 1.69. The third-order valence-electron chi connectivity index (χ3n) is 4.51. The molecule has 0 heterocycles. The Morgan fingerprint density at radius 2 is 1.70 bits per heavy atom. The lowest BCUT2D eigenvalue weighted by Gasteiger charge is -2.34. The van der Waals surface area contributed by atoms with E-state index < -0.39 is 0 Å². The Kier molecular flexibility index (Phi) is 7.10. The fourth-order valence-corrected chi connectivity index (χ4v) is 3.38. The molecule has 0 radical (unpaired) electrons. The van der Waals surface area contributed by atoms with Crippen molar-refractivity contribution in [3.05, 3.63) is 35.9 Å². The van der Waals surface area contributed by atoms with E-state index in [2.05, 4.69) is 35.2 Å². The van der Waals surface area contributed by atoms with Crippen LogP contribution in [0.1, 0.15) is 50.5 Å². The molecule has 0 unspecified atom stereocenters. The van der Waals surface area contributed by atoms with Crippen LogP contribution >= 0.6 is 0 Å². The van der Waals surface area contributed by atoms with E-state index in [1.807, 2.05) is 0 Å². The second-order valence-electron chi connectivity index (χ2n) is 6.06. The molecule has 0 aliphatic heterocycles. The molecule has 20 heavy (non-hydrogen) atoms. The van der Waals surface area contributed by atoms with Gasteiger partial charge in [-0.25, -0.2) is 0 Å². The van der Waals surface area contributed by atoms with E-state index in [0.717, 1.165) is 19.1 Å². The van der Waals surface area contributed by atoms with Crippen molar-refractivity contribution in [1.82, 2.24) is 4.90 Å². The molecule has 0 aromatic heterocycles. The molecule has 0 spiro atoms. The summed E-state index contributed by atoms with van der Waals surface area (Å²) in [6.07, 6.45) is 10.8. The van der Waals surface area contributed by atoms with Crippen molar-refractivity contribution in [3.63, 3.8) is 0 Å². The Bertz CT molecular complexity index is 344. The third-order valence-corrected chi connectivity index (χ3v) is 4.51. The van der Waals surface area contributed by atoms with Gasteiger partial charge in [-0.2, -0.15) is 0 Å². The summed E-state index contributed by atoms with van der Waals surface area (Å²) in [4.78, 5) is 2.66. The van der Waals surface area contributed by atoms with Crippen LogP contribution in [0.15, 0.2) is 30.3 Å². The maximum atomic E-state index is 5.79. The summed E-state index contributed by atoms with van der Waals surface area (Å²) in [5.41, 5.74) is 7.26. The molecule has 0 saturated heterocycles. The van der Waals surface area contributed by atoms with Gasteiger partial charge in [-0.3, -0.25) is 4.90 Å². The molecule has 1 fully saturated rings. The van der Waals surface area contributed by atoms with E-state index in [9.17, 15) is 0 Å². The van der Waals surface area contributed by atoms with Crippen LogP contribution in [-0.4, -0.2) is 30.6 Å². The Hall–Kier alpha value is -0.860. The van der Waals surface area contributed by atoms with Crippen LogP contribution < -0.4 is 5.73 Å². The predicted octanol–water partition coefficient (Wildman–Crippen LogP) is 3.60. The topological polar surface area (TPSA) is 29.3 Å². The van der Waals surface area contributed by atoms with Gasteiger partial charge in [0, 0.05) is 19.1 Å². The van der Waals surface area contributed by atoms with Gasteiger partial charge in [0.05, 0.1) is 0 Å². The zero-order valence-electron chi connectivity index (χ0n) is 12.8. The zero-order valence-corrected chi connectivity index (χ0v) is 12.8. The van der Waals surface area contributed by atoms with Crippen LogP contribution in [0.25, 0.3) is 0 Å². The molecule has 1 aliphatic carbocycles. The average molecular weight is 274 g/mol. The SMILES string of the molecule is NCCN(CCCCc1ccccc1)C1CCCCC1. The first-order chi connectivity index (χ1) is 9.90. The molecule has 2 N–H and O–H groups in total. The highest BCUT2D eigenvalue weighted by molar-refractivity contribution is 5.14. The van der Waals surface area contributed by atoms with E-state index in [-0.39, 0.29) is 0 Å². The van der Waals surface area contributed by atoms with Gasteiger partial charge in [-0.05, 0) is 44.2 Å². The molecule has 112 valence electrons. The second kappa shape index (κ2) is 9.15. The Morgan fingerprint density at radius 1 is 0.950 bits per heavy atom. The zero-order chi connectivity index (χ0) is 14.0. The fourth-order valence-electron chi connectivity index (χ4n) is 3.38. The summed E-state index contributed by atoms with van der Waals surface area (Å²) in [5.74, 6) is 0. The molecule has 1 aromatic rings. The molecule has 0 bridgehead atoms. The summed E-state index contributed by atoms with van der Waals surface area (Å²) in [6, 6.07) is 11.6. The Labute approximate surface area is 124 Å². The van der Waals surface area contributed by atoms with E-state index in [1.165, 1.54) is 63.5 Å². The van der Waals surface area contributed by atoms with Gasteiger partial charge in [0.15, 0.2) is 0 Å². The van der Waals surface area contributed by atoms with Crippen LogP contribution in [-0.2, 0) is 6.42 Å². The van der Waals surface area contributed by atoms with E-state index in [0.29, 0.717) is 0 Å². The molecule has 2 nitrogen and oxygen atoms in total. The van der Waals surface area contributed by atoms with E-state index >= 15 is 0 Å². The molecular formula is C18H30N2. The van der Waals surface area contributed by atoms with Gasteiger partial charge in [0.2, 0.25) is 0 Å². The molecule has 0 amide bonds. The largest absolute Gasteiger partial charge is 0.329 e. The number of hydrogen-bond acceptors (Lipinski definition) is 2. The maximum Gasteiger partial charge on any atom is 0.0108 e. The monoisotopic (exact) mass is 274 g/mol. The lowest BCUT2D eigenvalue weighted by Crippen LogP contribution is -2.40. The normalized spacial score (nSPS) is 16.7. The smallest absolute Gasteiger partial charge is 0.0108 e. The van der Waals surface area contributed by atoms with Crippen molar-refractivity contribution in [2.75, 3.05) is 19.6 Å². The van der Waals surface area contributed by atoms with E-state index in [1.54, 1.807) is 0 Å². The van der Waals surface area contributed by atoms with Crippen LogP contribution in [0.3, 0.4) is 0 Å². The molecule has 2 rings (SSSR count). The van der Waals surface area contributed by atoms with Gasteiger partial charge < -0.3 is 5.73 Å². The first-order valence-corrected chi connectivity index (χ1v) is 8.38. The van der Waals surface area contributed by atoms with Gasteiger partial charge in [-0.1, -0.05) is 49.6 Å². The highest BCUT2D eigenvalue weighted by Gasteiger charge is 2.19. The van der Waals surface area contributed by atoms with Crippen molar-refractivity contribution < 1.29 is 0 Å². The summed E-state index contributed by atoms with van der Waals surface area (Å²) < 4.78 is 0. The molecule has 1 aliphatic rings. The van der Waals surface area contributed by atoms with Gasteiger partial charge in [0.1, 0.15) is 0 Å². The van der Waals surface area contributed by atoms with Gasteiger partial charge >= 0.3 is 0 Å². The van der Waals surface area contributed by atoms with Crippen LogP contribution in [0.4, 0.5) is 0 Å². The number of benzene rings is 1. The van der Waals surface area contributed by atoms with Crippen molar-refractivity contribution >= 4 is 0 Å². The van der Waals surface area contributed by atoms with Crippen LogP contribution in [0.5, 0.6) is 0 Å². The highest BCUT2D eigenvalue weighted by Crippen LogP contribution is 2.22. The number of nitrogens with two attached hydrogens (primary N) is 1. The minimum atomic E-state index is 0.801. The van der Waals surface area contributed by atoms with Crippen molar-refractivity contribution in [1.29, 1.82) is 0 Å². The molecule has 1 aromatic carbocycles. The van der Waals surface area contributed by atoms with Crippen LogP contribution in [0, 0.1) is 0 Å². The summed E-state index contributed by atoms with van der Waals surface area (Å²) in [6.45, 7) is 3.11. The minimum Gasteiger partial charge on any atom is -0.329 e. The standard InChI is InChI=1S/C18H30N2/c19-14-16-20(18-12-5-2-6-13-18)15-8-7-11-17-9-3-1-4-10-17/h1,3-4,9-10,18H,2,5-8,11-16,19H2. The third kappa shape index (κ3) is 5.26. The molecule has 1 saturated carbocycles. The lowest BCUT2D eigenvalue weighted by atomic mass is 9.94. The number of aryl methyl sites for hydroxylation is 1. The van der Waals surface area contributed by atoms with Gasteiger partial charge in [-0.15, -0.1) is 0 Å². The number of hydrogen-bond donors (Lipinski definition) is 1. The number of rotatable bonds is 8. The van der Waals surface area contributed by atoms with Gasteiger partial charge in [0.25, 0.3) is 0 Å². The fraction of sp³-hybridized carbons (Fsp3) is 0.667. The maximum absolute atomic E-state index is 5.79. The summed E-state index contributed by atoms with van der Waals surface area (Å²) >= 11 is 0. The quantitative estimate of drug-likeness (QED) is 0.734. The molecular weight excluding hydrogens is 244 g/mol. The molecule has 2 heteroatoms. The lowest BCUT2D eigenvalue weighted by molar-refractivity contribution is 0.157. The first kappa shape index (κ1) is 15.5. The van der Waals surface area contributed by atoms with Crippen molar-refractivity contribution in [3.8, 4) is 0 Å². The number of unbranched alkanes of at least 4 members (excludes halogenated alkanes) is 1. The van der Waals surface area contributed by atoms with E-state index in [4.69, 9.17) is 5.73 Å². The average Bonchev–Trinajstić information content (AvgIpc) is 2.52. The minimum absolute atomic E-state index is 0.801. The second-order valence-corrected chi connectivity index (χ2v) is 6.06.